The molecular formula is C9H12. The summed E-state index contributed by atoms with van der Waals surface area (Å²) in [5.74, 6) is 5.63. The van der Waals surface area contributed by atoms with Crippen LogP contribution in [-0.4, -0.2) is 0 Å². The molecule has 0 aromatic rings. The zero-order valence-corrected chi connectivity index (χ0v) is 6.28. The molecule has 0 fully saturated rings. The third-order valence-corrected chi connectivity index (χ3v) is 0.748. The highest BCUT2D eigenvalue weighted by molar-refractivity contribution is 5.36. The van der Waals surface area contributed by atoms with E-state index in [9.17, 15) is 0 Å². The Morgan fingerprint density at radius 1 is 1.44 bits per heavy atom. The highest BCUT2D eigenvalue weighted by atomic mass is 13.8. The minimum absolute atomic E-state index is 0.887. The molecule has 0 aromatic carbocycles. The Hall–Kier alpha value is -0.960. The molecule has 0 rings (SSSR count). The lowest BCUT2D eigenvalue weighted by Crippen LogP contribution is -1.68. The first kappa shape index (κ1) is 8.04. The second-order valence-electron chi connectivity index (χ2n) is 2.12. The molecule has 0 aliphatic heterocycles. The molecule has 0 heteroatoms. The standard InChI is InChI=1S/C9H12/c1-5-6-9(4)7-8(2)3/h7H,4H2,1-3H3. The van der Waals surface area contributed by atoms with E-state index in [4.69, 9.17) is 0 Å². The predicted octanol–water partition coefficient (Wildman–Crippen LogP) is 2.53. The van der Waals surface area contributed by atoms with Crippen molar-refractivity contribution in [3.63, 3.8) is 0 Å². The van der Waals surface area contributed by atoms with Gasteiger partial charge in [0.05, 0.1) is 0 Å². The van der Waals surface area contributed by atoms with E-state index < -0.39 is 0 Å². The maximum atomic E-state index is 3.73. The second kappa shape index (κ2) is 3.97. The van der Waals surface area contributed by atoms with Crippen LogP contribution >= 0.6 is 0 Å². The SMILES string of the molecule is C=C(C#CC)C=C(C)C. The summed E-state index contributed by atoms with van der Waals surface area (Å²) in [6, 6.07) is 0. The summed E-state index contributed by atoms with van der Waals surface area (Å²) < 4.78 is 0. The van der Waals surface area contributed by atoms with Crippen molar-refractivity contribution in [1.29, 1.82) is 0 Å². The first-order valence-corrected chi connectivity index (χ1v) is 2.93. The Kier molecular flexibility index (Phi) is 3.55. The van der Waals surface area contributed by atoms with E-state index in [2.05, 4.69) is 18.4 Å². The molecule has 0 heterocycles. The van der Waals surface area contributed by atoms with Crippen molar-refractivity contribution in [2.24, 2.45) is 0 Å². The summed E-state index contributed by atoms with van der Waals surface area (Å²) in [5, 5.41) is 0. The topological polar surface area (TPSA) is 0 Å². The number of allylic oxidation sites excluding steroid dienone is 3. The Bertz CT molecular complexity index is 180. The van der Waals surface area contributed by atoms with Gasteiger partial charge in [-0.1, -0.05) is 18.1 Å². The van der Waals surface area contributed by atoms with Crippen LogP contribution in [0.25, 0.3) is 0 Å². The minimum atomic E-state index is 0.887. The molecule has 0 nitrogen and oxygen atoms in total. The van der Waals surface area contributed by atoms with Crippen molar-refractivity contribution in [2.75, 3.05) is 0 Å². The fourth-order valence-corrected chi connectivity index (χ4v) is 0.545. The Morgan fingerprint density at radius 2 is 2.00 bits per heavy atom. The third kappa shape index (κ3) is 4.90. The van der Waals surface area contributed by atoms with Crippen LogP contribution in [0.2, 0.25) is 0 Å². The van der Waals surface area contributed by atoms with Crippen LogP contribution in [0.3, 0.4) is 0 Å². The van der Waals surface area contributed by atoms with Crippen molar-refractivity contribution in [3.8, 4) is 11.8 Å². The van der Waals surface area contributed by atoms with Gasteiger partial charge in [0.15, 0.2) is 0 Å². The normalized spacial score (nSPS) is 7.00. The van der Waals surface area contributed by atoms with Crippen LogP contribution < -0.4 is 0 Å². The van der Waals surface area contributed by atoms with E-state index in [1.807, 2.05) is 26.8 Å². The quantitative estimate of drug-likeness (QED) is 0.368. The van der Waals surface area contributed by atoms with Crippen LogP contribution in [0, 0.1) is 11.8 Å². The van der Waals surface area contributed by atoms with Gasteiger partial charge in [0, 0.05) is 5.57 Å². The lowest BCUT2D eigenvalue weighted by atomic mass is 10.2. The molecule has 0 bridgehead atoms. The molecule has 9 heavy (non-hydrogen) atoms. The molecule has 0 saturated heterocycles. The number of hydrogen-bond acceptors (Lipinski definition) is 0. The van der Waals surface area contributed by atoms with Gasteiger partial charge in [0.25, 0.3) is 0 Å². The Labute approximate surface area is 57.3 Å². The Morgan fingerprint density at radius 3 is 2.33 bits per heavy atom. The predicted molar refractivity (Wildman–Crippen MR) is 42.0 cm³/mol. The molecule has 0 saturated carbocycles. The lowest BCUT2D eigenvalue weighted by Gasteiger charge is -1.86. The van der Waals surface area contributed by atoms with Crippen molar-refractivity contribution in [3.05, 3.63) is 23.8 Å². The van der Waals surface area contributed by atoms with Gasteiger partial charge in [-0.2, -0.15) is 0 Å². The summed E-state index contributed by atoms with van der Waals surface area (Å²) in [6.07, 6.45) is 1.97. The van der Waals surface area contributed by atoms with Crippen LogP contribution in [0.4, 0.5) is 0 Å². The second-order valence-corrected chi connectivity index (χ2v) is 2.12. The van der Waals surface area contributed by atoms with Gasteiger partial charge in [-0.25, -0.2) is 0 Å². The molecule has 0 radical (unpaired) electrons. The van der Waals surface area contributed by atoms with Crippen LogP contribution in [0.5, 0.6) is 0 Å². The maximum Gasteiger partial charge on any atom is 0.0172 e. The van der Waals surface area contributed by atoms with E-state index in [1.54, 1.807) is 0 Å². The van der Waals surface area contributed by atoms with E-state index in [1.165, 1.54) is 5.57 Å². The van der Waals surface area contributed by atoms with Crippen LogP contribution in [0.15, 0.2) is 23.8 Å². The van der Waals surface area contributed by atoms with Crippen molar-refractivity contribution in [1.82, 2.24) is 0 Å². The van der Waals surface area contributed by atoms with Gasteiger partial charge in [-0.05, 0) is 26.8 Å². The van der Waals surface area contributed by atoms with Gasteiger partial charge in [-0.3, -0.25) is 0 Å². The summed E-state index contributed by atoms with van der Waals surface area (Å²) >= 11 is 0. The van der Waals surface area contributed by atoms with Crippen LogP contribution in [-0.2, 0) is 0 Å². The molecule has 0 N–H and O–H groups in total. The smallest absolute Gasteiger partial charge is 0.0172 e. The van der Waals surface area contributed by atoms with Gasteiger partial charge in [0.1, 0.15) is 0 Å². The molecule has 0 aliphatic rings. The van der Waals surface area contributed by atoms with Crippen molar-refractivity contribution in [2.45, 2.75) is 20.8 Å². The number of rotatable bonds is 1. The number of hydrogen-bond donors (Lipinski definition) is 0. The monoisotopic (exact) mass is 120 g/mol. The third-order valence-electron chi connectivity index (χ3n) is 0.748. The summed E-state index contributed by atoms with van der Waals surface area (Å²) in [7, 11) is 0. The van der Waals surface area contributed by atoms with Gasteiger partial charge in [-0.15, -0.1) is 5.92 Å². The zero-order chi connectivity index (χ0) is 7.28. The molecule has 0 aromatic heterocycles. The van der Waals surface area contributed by atoms with E-state index >= 15 is 0 Å². The minimum Gasteiger partial charge on any atom is -0.101 e. The average molecular weight is 120 g/mol. The highest BCUT2D eigenvalue weighted by Crippen LogP contribution is 1.96. The fourth-order valence-electron chi connectivity index (χ4n) is 0.545. The molecule has 0 spiro atoms. The fraction of sp³-hybridized carbons (Fsp3) is 0.333. The molecular weight excluding hydrogens is 108 g/mol. The first-order valence-electron chi connectivity index (χ1n) is 2.93. The zero-order valence-electron chi connectivity index (χ0n) is 6.28. The summed E-state index contributed by atoms with van der Waals surface area (Å²) in [6.45, 7) is 9.60. The largest absolute Gasteiger partial charge is 0.101 e. The van der Waals surface area contributed by atoms with E-state index in [0.717, 1.165) is 5.57 Å². The van der Waals surface area contributed by atoms with Gasteiger partial charge >= 0.3 is 0 Å². The highest BCUT2D eigenvalue weighted by Gasteiger charge is 1.78. The molecule has 0 aliphatic carbocycles. The molecule has 0 amide bonds. The van der Waals surface area contributed by atoms with E-state index in [0.29, 0.717) is 0 Å². The average Bonchev–Trinajstić information content (AvgIpc) is 1.63. The Balaban J connectivity index is 4.04. The van der Waals surface area contributed by atoms with E-state index in [-0.39, 0.29) is 0 Å². The van der Waals surface area contributed by atoms with Crippen LogP contribution in [0.1, 0.15) is 20.8 Å². The van der Waals surface area contributed by atoms with Crippen molar-refractivity contribution >= 4 is 0 Å². The lowest BCUT2D eigenvalue weighted by molar-refractivity contribution is 1.38. The summed E-state index contributed by atoms with van der Waals surface area (Å²) in [5.41, 5.74) is 2.13. The summed E-state index contributed by atoms with van der Waals surface area (Å²) in [4.78, 5) is 0. The van der Waals surface area contributed by atoms with Crippen molar-refractivity contribution < 1.29 is 0 Å². The maximum absolute atomic E-state index is 3.73. The molecule has 48 valence electrons. The van der Waals surface area contributed by atoms with Gasteiger partial charge in [0.2, 0.25) is 0 Å². The molecule has 0 unspecified atom stereocenters. The van der Waals surface area contributed by atoms with Gasteiger partial charge < -0.3 is 0 Å². The first-order chi connectivity index (χ1) is 4.16. The molecule has 0 atom stereocenters.